The second-order valence-corrected chi connectivity index (χ2v) is 7.14. The molecule has 0 saturated heterocycles. The molecule has 2 amide bonds. The molecule has 1 unspecified atom stereocenters. The molecule has 0 bridgehead atoms. The number of carbonyl (C=O) groups is 1. The van der Waals surface area contributed by atoms with E-state index in [0.29, 0.717) is 5.92 Å². The average Bonchev–Trinajstić information content (AvgIpc) is 2.48. The standard InChI is InChI=1S/C14H21N3O3S/c1-11(12-6-3-2-4-7-12)16-14(18)17-21(19,20)13-8-5-9-15-10-13/h5,8-12H,2-4,6-7H2,1H3,(H2,16,17,18). The van der Waals surface area contributed by atoms with E-state index < -0.39 is 16.1 Å². The minimum Gasteiger partial charge on any atom is -0.335 e. The first-order valence-corrected chi connectivity index (χ1v) is 8.71. The highest BCUT2D eigenvalue weighted by atomic mass is 32.2. The summed E-state index contributed by atoms with van der Waals surface area (Å²) >= 11 is 0. The molecule has 1 aromatic heterocycles. The van der Waals surface area contributed by atoms with E-state index >= 15 is 0 Å². The Morgan fingerprint density at radius 3 is 2.67 bits per heavy atom. The number of sulfonamides is 1. The Balaban J connectivity index is 1.92. The van der Waals surface area contributed by atoms with E-state index in [4.69, 9.17) is 0 Å². The largest absolute Gasteiger partial charge is 0.335 e. The summed E-state index contributed by atoms with van der Waals surface area (Å²) in [6, 6.07) is 2.19. The van der Waals surface area contributed by atoms with Crippen molar-refractivity contribution in [2.75, 3.05) is 0 Å². The quantitative estimate of drug-likeness (QED) is 0.890. The highest BCUT2D eigenvalue weighted by molar-refractivity contribution is 7.90. The third-order valence-electron chi connectivity index (χ3n) is 3.89. The maximum absolute atomic E-state index is 12.0. The van der Waals surface area contributed by atoms with Crippen LogP contribution in [0.3, 0.4) is 0 Å². The summed E-state index contributed by atoms with van der Waals surface area (Å²) in [6.45, 7) is 1.92. The number of aromatic nitrogens is 1. The zero-order valence-electron chi connectivity index (χ0n) is 12.1. The van der Waals surface area contributed by atoms with Gasteiger partial charge in [-0.3, -0.25) is 4.98 Å². The summed E-state index contributed by atoms with van der Waals surface area (Å²) in [7, 11) is -3.86. The van der Waals surface area contributed by atoms with Gasteiger partial charge in [-0.15, -0.1) is 0 Å². The first-order chi connectivity index (χ1) is 9.99. The average molecular weight is 311 g/mol. The van der Waals surface area contributed by atoms with Crippen LogP contribution in [0.2, 0.25) is 0 Å². The van der Waals surface area contributed by atoms with Gasteiger partial charge >= 0.3 is 6.03 Å². The Hall–Kier alpha value is -1.63. The van der Waals surface area contributed by atoms with Gasteiger partial charge in [-0.1, -0.05) is 19.3 Å². The first-order valence-electron chi connectivity index (χ1n) is 7.22. The molecule has 2 N–H and O–H groups in total. The second-order valence-electron chi connectivity index (χ2n) is 5.45. The number of amides is 2. The van der Waals surface area contributed by atoms with E-state index in [-0.39, 0.29) is 10.9 Å². The molecule has 6 nitrogen and oxygen atoms in total. The van der Waals surface area contributed by atoms with Crippen LogP contribution in [0.4, 0.5) is 4.79 Å². The summed E-state index contributed by atoms with van der Waals surface area (Å²) in [5.41, 5.74) is 0. The topological polar surface area (TPSA) is 88.2 Å². The fourth-order valence-electron chi connectivity index (χ4n) is 2.68. The molecule has 7 heteroatoms. The monoisotopic (exact) mass is 311 g/mol. The van der Waals surface area contributed by atoms with Crippen LogP contribution < -0.4 is 10.0 Å². The van der Waals surface area contributed by atoms with Crippen molar-refractivity contribution in [2.45, 2.75) is 50.0 Å². The smallest absolute Gasteiger partial charge is 0.328 e. The Bertz CT molecular complexity index is 568. The molecule has 1 aromatic rings. The van der Waals surface area contributed by atoms with E-state index in [2.05, 4.69) is 10.3 Å². The van der Waals surface area contributed by atoms with Gasteiger partial charge in [-0.05, 0) is 37.8 Å². The van der Waals surface area contributed by atoms with E-state index in [1.165, 1.54) is 43.8 Å². The van der Waals surface area contributed by atoms with Crippen molar-refractivity contribution < 1.29 is 13.2 Å². The lowest BCUT2D eigenvalue weighted by atomic mass is 9.85. The molecular weight excluding hydrogens is 290 g/mol. The summed E-state index contributed by atoms with van der Waals surface area (Å²) < 4.78 is 26.0. The van der Waals surface area contributed by atoms with Gasteiger partial charge in [0.05, 0.1) is 0 Å². The van der Waals surface area contributed by atoms with Crippen LogP contribution in [-0.4, -0.2) is 25.5 Å². The predicted molar refractivity (Wildman–Crippen MR) is 79.1 cm³/mol. The van der Waals surface area contributed by atoms with Crippen molar-refractivity contribution in [3.63, 3.8) is 0 Å². The zero-order chi connectivity index (χ0) is 15.3. The molecule has 1 aliphatic rings. The maximum atomic E-state index is 12.0. The third kappa shape index (κ3) is 4.42. The van der Waals surface area contributed by atoms with E-state index in [1.807, 2.05) is 11.6 Å². The first kappa shape index (κ1) is 15.8. The zero-order valence-corrected chi connectivity index (χ0v) is 12.9. The summed E-state index contributed by atoms with van der Waals surface area (Å²) in [6.07, 6.45) is 8.43. The van der Waals surface area contributed by atoms with Crippen molar-refractivity contribution >= 4 is 16.1 Å². The fourth-order valence-corrected chi connectivity index (χ4v) is 3.55. The van der Waals surface area contributed by atoms with Crippen molar-refractivity contribution in [1.82, 2.24) is 15.0 Å². The molecule has 1 atom stereocenters. The molecular formula is C14H21N3O3S. The molecule has 0 aromatic carbocycles. The number of nitrogens with one attached hydrogen (secondary N) is 2. The molecule has 116 valence electrons. The van der Waals surface area contributed by atoms with Crippen molar-refractivity contribution in [3.05, 3.63) is 24.5 Å². The Morgan fingerprint density at radius 2 is 2.05 bits per heavy atom. The number of pyridine rings is 1. The van der Waals surface area contributed by atoms with Crippen molar-refractivity contribution in [2.24, 2.45) is 5.92 Å². The number of rotatable bonds is 4. The van der Waals surface area contributed by atoms with Crippen LogP contribution >= 0.6 is 0 Å². The number of hydrogen-bond acceptors (Lipinski definition) is 4. The molecule has 1 fully saturated rings. The molecule has 1 aliphatic carbocycles. The highest BCUT2D eigenvalue weighted by Gasteiger charge is 2.23. The summed E-state index contributed by atoms with van der Waals surface area (Å²) in [5, 5.41) is 2.73. The van der Waals surface area contributed by atoms with E-state index in [0.717, 1.165) is 12.8 Å². The van der Waals surface area contributed by atoms with Gasteiger partial charge in [0.2, 0.25) is 0 Å². The highest BCUT2D eigenvalue weighted by Crippen LogP contribution is 2.26. The molecule has 1 heterocycles. The van der Waals surface area contributed by atoms with Crippen LogP contribution in [0.1, 0.15) is 39.0 Å². The van der Waals surface area contributed by atoms with Gasteiger partial charge < -0.3 is 5.32 Å². The lowest BCUT2D eigenvalue weighted by molar-refractivity contribution is 0.229. The number of urea groups is 1. The van der Waals surface area contributed by atoms with Crippen LogP contribution in [0.15, 0.2) is 29.4 Å². The minimum atomic E-state index is -3.86. The van der Waals surface area contributed by atoms with Crippen LogP contribution in [0.25, 0.3) is 0 Å². The molecule has 21 heavy (non-hydrogen) atoms. The van der Waals surface area contributed by atoms with Gasteiger partial charge in [0, 0.05) is 18.4 Å². The summed E-state index contributed by atoms with van der Waals surface area (Å²) in [5.74, 6) is 0.422. The van der Waals surface area contributed by atoms with E-state index in [9.17, 15) is 13.2 Å². The lowest BCUT2D eigenvalue weighted by Gasteiger charge is -2.28. The molecule has 0 radical (unpaired) electrons. The normalized spacial score (nSPS) is 18.0. The second kappa shape index (κ2) is 6.89. The van der Waals surface area contributed by atoms with Gasteiger partial charge in [-0.2, -0.15) is 0 Å². The summed E-state index contributed by atoms with van der Waals surface area (Å²) in [4.78, 5) is 15.6. The molecule has 0 spiro atoms. The third-order valence-corrected chi connectivity index (χ3v) is 5.20. The van der Waals surface area contributed by atoms with Crippen molar-refractivity contribution in [1.29, 1.82) is 0 Å². The number of nitrogens with zero attached hydrogens (tertiary/aromatic N) is 1. The predicted octanol–water partition coefficient (Wildman–Crippen LogP) is 2.04. The molecule has 0 aliphatic heterocycles. The fraction of sp³-hybridized carbons (Fsp3) is 0.571. The van der Waals surface area contributed by atoms with Crippen LogP contribution in [0, 0.1) is 5.92 Å². The minimum absolute atomic E-state index is 0.0227. The SMILES string of the molecule is CC(NC(=O)NS(=O)(=O)c1cccnc1)C1CCCCC1. The van der Waals surface area contributed by atoms with Gasteiger partial charge in [0.25, 0.3) is 10.0 Å². The van der Waals surface area contributed by atoms with Crippen LogP contribution in [-0.2, 0) is 10.0 Å². The molecule has 1 saturated carbocycles. The lowest BCUT2D eigenvalue weighted by Crippen LogP contribution is -2.46. The van der Waals surface area contributed by atoms with Gasteiger partial charge in [0.15, 0.2) is 0 Å². The maximum Gasteiger partial charge on any atom is 0.328 e. The van der Waals surface area contributed by atoms with Crippen molar-refractivity contribution in [3.8, 4) is 0 Å². The van der Waals surface area contributed by atoms with E-state index in [1.54, 1.807) is 0 Å². The Labute approximate surface area is 125 Å². The Morgan fingerprint density at radius 1 is 1.33 bits per heavy atom. The number of hydrogen-bond donors (Lipinski definition) is 2. The van der Waals surface area contributed by atoms with Crippen LogP contribution in [0.5, 0.6) is 0 Å². The van der Waals surface area contributed by atoms with Gasteiger partial charge in [0.1, 0.15) is 4.90 Å². The molecule has 2 rings (SSSR count). The van der Waals surface area contributed by atoms with Gasteiger partial charge in [-0.25, -0.2) is 17.9 Å². The number of carbonyl (C=O) groups excluding carboxylic acids is 1. The Kier molecular flexibility index (Phi) is 5.17.